The Kier molecular flexibility index (Phi) is 37.1. The van der Waals surface area contributed by atoms with E-state index in [9.17, 15) is 19.4 Å². The van der Waals surface area contributed by atoms with Crippen LogP contribution < -0.4 is 0 Å². The van der Waals surface area contributed by atoms with Gasteiger partial charge in [-0.2, -0.15) is 0 Å². The van der Waals surface area contributed by atoms with Crippen LogP contribution in [0.15, 0.2) is 60.9 Å². The Labute approximate surface area is 343 Å². The first-order valence-electron chi connectivity index (χ1n) is 22.2. The Morgan fingerprint density at radius 2 is 1.21 bits per heavy atom. The molecule has 0 rings (SSSR count). The lowest BCUT2D eigenvalue weighted by molar-refractivity contribution is -0.870. The summed E-state index contributed by atoms with van der Waals surface area (Å²) in [5.41, 5.74) is 0. The number of quaternary nitrogens is 1. The second-order valence-electron chi connectivity index (χ2n) is 16.0. The van der Waals surface area contributed by atoms with Crippen molar-refractivity contribution in [1.29, 1.82) is 0 Å². The van der Waals surface area contributed by atoms with E-state index in [0.29, 0.717) is 30.3 Å². The molecular weight excluding hydrogens is 725 g/mol. The summed E-state index contributed by atoms with van der Waals surface area (Å²) >= 11 is 0. The number of likely N-dealkylation sites (N-methyl/N-ethyl adjacent to an activating group) is 1. The number of rotatable bonds is 40. The number of ether oxygens (including phenoxy) is 2. The first-order chi connectivity index (χ1) is 27.0. The number of allylic oxidation sites excluding steroid dienone is 7. The summed E-state index contributed by atoms with van der Waals surface area (Å²) in [6, 6.07) is 0. The maximum absolute atomic E-state index is 12.7. The van der Waals surface area contributed by atoms with Crippen LogP contribution in [0.2, 0.25) is 0 Å². The van der Waals surface area contributed by atoms with Gasteiger partial charge in [0.15, 0.2) is 6.10 Å². The van der Waals surface area contributed by atoms with Crippen molar-refractivity contribution in [3.8, 4) is 0 Å². The van der Waals surface area contributed by atoms with Gasteiger partial charge in [-0.05, 0) is 57.4 Å². The summed E-state index contributed by atoms with van der Waals surface area (Å²) in [6.45, 7) is 4.74. The molecule has 2 N–H and O–H groups in total. The molecule has 0 heterocycles. The molecule has 0 fully saturated rings. The number of aliphatic hydroxyl groups excluding tert-OH is 1. The molecule has 0 saturated carbocycles. The Balaban J connectivity index is 4.45. The predicted molar refractivity (Wildman–Crippen MR) is 234 cm³/mol. The van der Waals surface area contributed by atoms with Crippen LogP contribution >= 0.6 is 7.82 Å². The average Bonchev–Trinajstić information content (AvgIpc) is 3.14. The zero-order valence-corrected chi connectivity index (χ0v) is 37.4. The molecule has 0 aliphatic carbocycles. The third-order valence-corrected chi connectivity index (χ3v) is 10.2. The Morgan fingerprint density at radius 1 is 0.661 bits per heavy atom. The third kappa shape index (κ3) is 41.6. The summed E-state index contributed by atoms with van der Waals surface area (Å²) in [5, 5.41) is 10.1. The van der Waals surface area contributed by atoms with Gasteiger partial charge < -0.3 is 24.0 Å². The van der Waals surface area contributed by atoms with Gasteiger partial charge in [-0.25, -0.2) is 4.57 Å². The molecule has 0 aromatic heterocycles. The van der Waals surface area contributed by atoms with Crippen LogP contribution in [0.5, 0.6) is 0 Å². The van der Waals surface area contributed by atoms with Crippen LogP contribution in [-0.4, -0.2) is 80.2 Å². The van der Waals surface area contributed by atoms with Crippen molar-refractivity contribution in [1.82, 2.24) is 0 Å². The maximum Gasteiger partial charge on any atom is 0.472 e. The fraction of sp³-hybridized carbons (Fsp3) is 0.761. The quantitative estimate of drug-likeness (QED) is 0.0120. The van der Waals surface area contributed by atoms with Crippen LogP contribution in [0.3, 0.4) is 0 Å². The number of carbonyl (C=O) groups excluding carboxylic acids is 1. The molecule has 56 heavy (non-hydrogen) atoms. The van der Waals surface area contributed by atoms with Gasteiger partial charge in [0, 0.05) is 6.42 Å². The number of unbranched alkanes of at least 4 members (excludes halogenated alkanes) is 18. The molecule has 0 aliphatic rings. The van der Waals surface area contributed by atoms with E-state index in [-0.39, 0.29) is 26.2 Å². The van der Waals surface area contributed by atoms with Crippen LogP contribution in [-0.2, 0) is 27.9 Å². The standard InChI is InChI=1S/C46H84NO8P/c1-6-8-10-12-14-15-16-17-18-19-20-21-22-27-31-35-40-52-42-45(43-54-56(50,51)53-41-39-47(3,4)5)55-46(49)38-34-30-26-23-25-29-33-37-44(48)36-32-28-24-13-11-9-7-2/h23-24,26,28-29,32-33,35-36,40,44-45,48H,6-22,25,27,30-31,34,37-39,41-43H2,1-5H3/p+1/b26-23+,28-24-,33-29-,36-32-,40-35+/t44-,45+/m0/s1. The fourth-order valence-electron chi connectivity index (χ4n) is 5.71. The van der Waals surface area contributed by atoms with Gasteiger partial charge in [-0.3, -0.25) is 13.8 Å². The predicted octanol–water partition coefficient (Wildman–Crippen LogP) is 12.3. The van der Waals surface area contributed by atoms with E-state index in [2.05, 4.69) is 19.9 Å². The van der Waals surface area contributed by atoms with Crippen LogP contribution in [0.1, 0.15) is 168 Å². The number of nitrogens with zero attached hydrogens (tertiary/aromatic N) is 1. The molecule has 0 aliphatic heterocycles. The highest BCUT2D eigenvalue weighted by Crippen LogP contribution is 2.43. The number of esters is 1. The van der Waals surface area contributed by atoms with Crippen molar-refractivity contribution in [2.75, 3.05) is 47.5 Å². The Hall–Kier alpha value is -2.00. The van der Waals surface area contributed by atoms with E-state index >= 15 is 0 Å². The van der Waals surface area contributed by atoms with Crippen LogP contribution in [0, 0.1) is 0 Å². The first-order valence-corrected chi connectivity index (χ1v) is 23.7. The molecule has 0 amide bonds. The minimum atomic E-state index is -4.32. The molecule has 3 atom stereocenters. The van der Waals surface area contributed by atoms with Gasteiger partial charge in [0.1, 0.15) is 19.8 Å². The molecule has 326 valence electrons. The van der Waals surface area contributed by atoms with Crippen LogP contribution in [0.4, 0.5) is 0 Å². The van der Waals surface area contributed by atoms with Crippen molar-refractivity contribution in [2.24, 2.45) is 0 Å². The van der Waals surface area contributed by atoms with E-state index in [1.165, 1.54) is 103 Å². The Morgan fingerprint density at radius 3 is 1.86 bits per heavy atom. The fourth-order valence-corrected chi connectivity index (χ4v) is 6.45. The lowest BCUT2D eigenvalue weighted by Gasteiger charge is -2.24. The zero-order valence-electron chi connectivity index (χ0n) is 36.5. The number of phosphoric acid groups is 1. The van der Waals surface area contributed by atoms with E-state index in [4.69, 9.17) is 18.5 Å². The zero-order chi connectivity index (χ0) is 41.4. The molecule has 0 spiro atoms. The summed E-state index contributed by atoms with van der Waals surface area (Å²) in [4.78, 5) is 22.8. The van der Waals surface area contributed by atoms with Crippen molar-refractivity contribution >= 4 is 13.8 Å². The number of hydrogen-bond donors (Lipinski definition) is 2. The van der Waals surface area contributed by atoms with Gasteiger partial charge in [0.25, 0.3) is 0 Å². The second kappa shape index (κ2) is 38.5. The number of aliphatic hydroxyl groups is 1. The third-order valence-electron chi connectivity index (χ3n) is 9.23. The molecular formula is C46H85NO8P+. The lowest BCUT2D eigenvalue weighted by Crippen LogP contribution is -2.37. The first kappa shape index (κ1) is 54.0. The van der Waals surface area contributed by atoms with Crippen molar-refractivity contribution < 1.29 is 42.4 Å². The Bertz CT molecular complexity index is 1100. The van der Waals surface area contributed by atoms with Gasteiger partial charge in [-0.1, -0.05) is 159 Å². The highest BCUT2D eigenvalue weighted by atomic mass is 31.2. The van der Waals surface area contributed by atoms with Gasteiger partial charge in [0.05, 0.1) is 40.1 Å². The SMILES string of the molecule is CCCCC/C=C\C=C/[C@H](O)C/C=C\C/C=C/CCCC(=O)O[C@H](CO/C=C/CCCCCCCCCCCCCCCC)COP(=O)(O)OCC[N+](C)(C)C. The minimum Gasteiger partial charge on any atom is -0.498 e. The van der Waals surface area contributed by atoms with E-state index < -0.39 is 26.0 Å². The van der Waals surface area contributed by atoms with Crippen molar-refractivity contribution in [2.45, 2.75) is 180 Å². The normalized spacial score (nSPS) is 14.8. The molecule has 1 unspecified atom stereocenters. The largest absolute Gasteiger partial charge is 0.498 e. The van der Waals surface area contributed by atoms with E-state index in [1.54, 1.807) is 12.3 Å². The summed E-state index contributed by atoms with van der Waals surface area (Å²) in [6.07, 6.45) is 45.2. The second-order valence-corrected chi connectivity index (χ2v) is 17.4. The van der Waals surface area contributed by atoms with Crippen molar-refractivity contribution in [3.05, 3.63) is 60.9 Å². The molecule has 9 nitrogen and oxygen atoms in total. The molecule has 0 saturated heterocycles. The topological polar surface area (TPSA) is 112 Å². The van der Waals surface area contributed by atoms with E-state index in [1.807, 2.05) is 63.7 Å². The number of hydrogen-bond acceptors (Lipinski definition) is 7. The molecule has 10 heteroatoms. The monoisotopic (exact) mass is 811 g/mol. The summed E-state index contributed by atoms with van der Waals surface area (Å²) in [7, 11) is 1.56. The molecule has 0 aromatic carbocycles. The maximum atomic E-state index is 12.7. The number of phosphoric ester groups is 1. The highest BCUT2D eigenvalue weighted by molar-refractivity contribution is 7.47. The molecule has 0 bridgehead atoms. The minimum absolute atomic E-state index is 0.00628. The lowest BCUT2D eigenvalue weighted by atomic mass is 10.0. The summed E-state index contributed by atoms with van der Waals surface area (Å²) in [5.74, 6) is -0.418. The van der Waals surface area contributed by atoms with Crippen molar-refractivity contribution in [3.63, 3.8) is 0 Å². The van der Waals surface area contributed by atoms with Gasteiger partial charge in [0.2, 0.25) is 0 Å². The van der Waals surface area contributed by atoms with Crippen LogP contribution in [0.25, 0.3) is 0 Å². The van der Waals surface area contributed by atoms with Gasteiger partial charge in [-0.15, -0.1) is 0 Å². The summed E-state index contributed by atoms with van der Waals surface area (Å²) < 4.78 is 34.6. The average molecular weight is 811 g/mol. The smallest absolute Gasteiger partial charge is 0.472 e. The highest BCUT2D eigenvalue weighted by Gasteiger charge is 2.26. The van der Waals surface area contributed by atoms with E-state index in [0.717, 1.165) is 25.7 Å². The molecule has 0 radical (unpaired) electrons. The molecule has 0 aromatic rings. The van der Waals surface area contributed by atoms with Gasteiger partial charge >= 0.3 is 13.8 Å². The number of carbonyl (C=O) groups is 1.